The fourth-order valence-electron chi connectivity index (χ4n) is 2.32. The summed E-state index contributed by atoms with van der Waals surface area (Å²) in [4.78, 5) is 13.5. The molecule has 1 aliphatic rings. The molecule has 0 spiro atoms. The third kappa shape index (κ3) is 2.89. The highest BCUT2D eigenvalue weighted by Crippen LogP contribution is 2.30. The molecule has 1 amide bonds. The van der Waals surface area contributed by atoms with E-state index in [9.17, 15) is 4.79 Å². The van der Waals surface area contributed by atoms with Crippen LogP contribution >= 0.6 is 0 Å². The van der Waals surface area contributed by atoms with Crippen molar-refractivity contribution >= 4 is 17.3 Å². The number of nitrogens with one attached hydrogen (secondary N) is 1. The van der Waals surface area contributed by atoms with Gasteiger partial charge in [0, 0.05) is 23.5 Å². The van der Waals surface area contributed by atoms with Crippen molar-refractivity contribution in [3.8, 4) is 5.75 Å². The van der Waals surface area contributed by atoms with Crippen LogP contribution in [-0.4, -0.2) is 12.6 Å². The molecule has 4 heteroatoms. The molecule has 2 aromatic rings. The van der Waals surface area contributed by atoms with Crippen LogP contribution in [0.25, 0.3) is 0 Å². The van der Waals surface area contributed by atoms with E-state index in [-0.39, 0.29) is 5.91 Å². The van der Waals surface area contributed by atoms with Gasteiger partial charge in [0.05, 0.1) is 0 Å². The largest absolute Gasteiger partial charge is 0.473 e. The maximum Gasteiger partial charge on any atom is 0.247 e. The second-order valence-corrected chi connectivity index (χ2v) is 4.82. The van der Waals surface area contributed by atoms with Gasteiger partial charge < -0.3 is 15.0 Å². The Morgan fingerprint density at radius 1 is 1.24 bits per heavy atom. The van der Waals surface area contributed by atoms with E-state index in [0.717, 1.165) is 29.2 Å². The lowest BCUT2D eigenvalue weighted by Gasteiger charge is -2.31. The molecule has 0 radical (unpaired) electrons. The van der Waals surface area contributed by atoms with Gasteiger partial charge in [-0.15, -0.1) is 0 Å². The third-order valence-corrected chi connectivity index (χ3v) is 3.37. The number of carbonyl (C=O) groups is 1. The summed E-state index contributed by atoms with van der Waals surface area (Å²) >= 11 is 0. The van der Waals surface area contributed by atoms with Crippen molar-refractivity contribution in [2.75, 3.05) is 16.9 Å². The fourth-order valence-corrected chi connectivity index (χ4v) is 2.32. The Morgan fingerprint density at radius 3 is 2.81 bits per heavy atom. The van der Waals surface area contributed by atoms with Crippen LogP contribution in [0.5, 0.6) is 5.75 Å². The molecule has 4 nitrogen and oxygen atoms in total. The van der Waals surface area contributed by atoms with Gasteiger partial charge in [-0.2, -0.15) is 0 Å². The monoisotopic (exact) mass is 280 g/mol. The van der Waals surface area contributed by atoms with Crippen LogP contribution < -0.4 is 15.0 Å². The first kappa shape index (κ1) is 13.2. The zero-order valence-corrected chi connectivity index (χ0v) is 11.6. The fraction of sp³-hybridized carbons (Fsp3) is 0.118. The number of nitrogens with zero attached hydrogens (tertiary/aromatic N) is 1. The normalized spacial score (nSPS) is 13.0. The number of fused-ring (bicyclic) bond motifs is 1. The van der Waals surface area contributed by atoms with Gasteiger partial charge in [-0.05, 0) is 36.4 Å². The van der Waals surface area contributed by atoms with Crippen LogP contribution in [0.1, 0.15) is 5.56 Å². The van der Waals surface area contributed by atoms with Crippen LogP contribution in [-0.2, 0) is 11.3 Å². The lowest BCUT2D eigenvalue weighted by atomic mass is 10.1. The Hall–Kier alpha value is -2.75. The number of hydrogen-bond acceptors (Lipinski definition) is 3. The number of carbonyl (C=O) groups excluding carboxylic acids is 1. The van der Waals surface area contributed by atoms with Gasteiger partial charge in [0.15, 0.2) is 6.73 Å². The van der Waals surface area contributed by atoms with Crippen molar-refractivity contribution in [2.45, 2.75) is 6.54 Å². The average Bonchev–Trinajstić information content (AvgIpc) is 2.55. The standard InChI is InChI=1S/C17H16N2O2/c1-2-17(20)18-14-8-9-16-13(10-14)11-19(12-21-16)15-6-4-3-5-7-15/h2-10H,1,11-12H2,(H,18,20). The molecule has 1 aliphatic heterocycles. The number of ether oxygens (including phenoxy) is 1. The minimum absolute atomic E-state index is 0.216. The SMILES string of the molecule is C=CC(=O)Nc1ccc2c(c1)CN(c1ccccc1)CO2. The second-order valence-electron chi connectivity index (χ2n) is 4.82. The van der Waals surface area contributed by atoms with E-state index < -0.39 is 0 Å². The smallest absolute Gasteiger partial charge is 0.247 e. The first-order valence-corrected chi connectivity index (χ1v) is 6.75. The topological polar surface area (TPSA) is 41.6 Å². The molecule has 0 atom stereocenters. The molecule has 0 aliphatic carbocycles. The van der Waals surface area contributed by atoms with E-state index in [2.05, 4.69) is 28.9 Å². The second kappa shape index (κ2) is 5.71. The molecule has 0 saturated heterocycles. The molecule has 21 heavy (non-hydrogen) atoms. The molecule has 3 rings (SSSR count). The lowest BCUT2D eigenvalue weighted by Crippen LogP contribution is -2.31. The molecule has 0 saturated carbocycles. The van der Waals surface area contributed by atoms with Crippen LogP contribution in [0.15, 0.2) is 61.2 Å². The molecule has 0 aromatic heterocycles. The van der Waals surface area contributed by atoms with Crippen molar-refractivity contribution in [1.29, 1.82) is 0 Å². The minimum atomic E-state index is -0.216. The Balaban J connectivity index is 1.82. The summed E-state index contributed by atoms with van der Waals surface area (Å²) in [6.07, 6.45) is 1.26. The number of para-hydroxylation sites is 1. The van der Waals surface area contributed by atoms with E-state index >= 15 is 0 Å². The maximum atomic E-state index is 11.4. The highest BCUT2D eigenvalue weighted by Gasteiger charge is 2.18. The zero-order chi connectivity index (χ0) is 14.7. The summed E-state index contributed by atoms with van der Waals surface area (Å²) in [5, 5.41) is 2.77. The number of amides is 1. The van der Waals surface area contributed by atoms with Crippen molar-refractivity contribution < 1.29 is 9.53 Å². The summed E-state index contributed by atoms with van der Waals surface area (Å²) in [6.45, 7) is 4.72. The van der Waals surface area contributed by atoms with Crippen LogP contribution in [0.3, 0.4) is 0 Å². The van der Waals surface area contributed by atoms with Gasteiger partial charge in [0.1, 0.15) is 5.75 Å². The maximum absolute atomic E-state index is 11.4. The molecule has 0 unspecified atom stereocenters. The van der Waals surface area contributed by atoms with Gasteiger partial charge in [-0.25, -0.2) is 0 Å². The van der Waals surface area contributed by atoms with E-state index in [1.807, 2.05) is 36.4 Å². The van der Waals surface area contributed by atoms with E-state index in [1.54, 1.807) is 0 Å². The molecule has 0 bridgehead atoms. The highest BCUT2D eigenvalue weighted by atomic mass is 16.5. The predicted molar refractivity (Wildman–Crippen MR) is 83.4 cm³/mol. The van der Waals surface area contributed by atoms with Gasteiger partial charge >= 0.3 is 0 Å². The van der Waals surface area contributed by atoms with Crippen molar-refractivity contribution in [3.63, 3.8) is 0 Å². The number of anilines is 2. The molecular weight excluding hydrogens is 264 g/mol. The van der Waals surface area contributed by atoms with Gasteiger partial charge in [0.25, 0.3) is 0 Å². The van der Waals surface area contributed by atoms with Crippen LogP contribution in [0.2, 0.25) is 0 Å². The van der Waals surface area contributed by atoms with E-state index in [0.29, 0.717) is 6.73 Å². The Bertz CT molecular complexity index is 668. The summed E-state index contributed by atoms with van der Waals surface area (Å²) in [6, 6.07) is 15.8. The Kier molecular flexibility index (Phi) is 3.60. The van der Waals surface area contributed by atoms with Crippen molar-refractivity contribution in [2.24, 2.45) is 0 Å². The summed E-state index contributed by atoms with van der Waals surface area (Å²) < 4.78 is 5.77. The predicted octanol–water partition coefficient (Wildman–Crippen LogP) is 3.17. The van der Waals surface area contributed by atoms with Crippen molar-refractivity contribution in [1.82, 2.24) is 0 Å². The Labute approximate surface area is 123 Å². The third-order valence-electron chi connectivity index (χ3n) is 3.37. The molecule has 106 valence electrons. The quantitative estimate of drug-likeness (QED) is 0.878. The number of benzene rings is 2. The highest BCUT2D eigenvalue weighted by molar-refractivity contribution is 5.98. The summed E-state index contributed by atoms with van der Waals surface area (Å²) in [5.41, 5.74) is 2.91. The lowest BCUT2D eigenvalue weighted by molar-refractivity contribution is -0.111. The van der Waals surface area contributed by atoms with Crippen molar-refractivity contribution in [3.05, 3.63) is 66.7 Å². The average molecular weight is 280 g/mol. The van der Waals surface area contributed by atoms with Crippen LogP contribution in [0, 0.1) is 0 Å². The first-order chi connectivity index (χ1) is 10.3. The first-order valence-electron chi connectivity index (χ1n) is 6.75. The minimum Gasteiger partial charge on any atom is -0.473 e. The Morgan fingerprint density at radius 2 is 2.05 bits per heavy atom. The van der Waals surface area contributed by atoms with Crippen LogP contribution in [0.4, 0.5) is 11.4 Å². The molecule has 1 heterocycles. The van der Waals surface area contributed by atoms with E-state index in [1.165, 1.54) is 6.08 Å². The molecule has 2 aromatic carbocycles. The zero-order valence-electron chi connectivity index (χ0n) is 11.6. The van der Waals surface area contributed by atoms with Gasteiger partial charge in [-0.3, -0.25) is 4.79 Å². The number of hydrogen-bond donors (Lipinski definition) is 1. The number of rotatable bonds is 3. The summed E-state index contributed by atoms with van der Waals surface area (Å²) in [5.74, 6) is 0.644. The van der Waals surface area contributed by atoms with E-state index in [4.69, 9.17) is 4.74 Å². The molecular formula is C17H16N2O2. The van der Waals surface area contributed by atoms with Gasteiger partial charge in [0.2, 0.25) is 5.91 Å². The van der Waals surface area contributed by atoms with Gasteiger partial charge in [-0.1, -0.05) is 24.8 Å². The summed E-state index contributed by atoms with van der Waals surface area (Å²) in [7, 11) is 0. The molecule has 0 fully saturated rings. The molecule has 1 N–H and O–H groups in total.